The fourth-order valence-electron chi connectivity index (χ4n) is 4.10. The van der Waals surface area contributed by atoms with Crippen molar-refractivity contribution in [3.63, 3.8) is 0 Å². The van der Waals surface area contributed by atoms with Gasteiger partial charge in [-0.2, -0.15) is 0 Å². The summed E-state index contributed by atoms with van der Waals surface area (Å²) < 4.78 is 20.1. The molecule has 0 spiro atoms. The molecule has 2 unspecified atom stereocenters. The third-order valence-electron chi connectivity index (χ3n) is 5.82. The van der Waals surface area contributed by atoms with Crippen molar-refractivity contribution < 1.29 is 13.9 Å². The fraction of sp³-hybridized carbons (Fsp3) is 0.375. The highest BCUT2D eigenvalue weighted by Gasteiger charge is 2.27. The van der Waals surface area contributed by atoms with Gasteiger partial charge in [0.25, 0.3) is 0 Å². The maximum atomic E-state index is 14.5. The van der Waals surface area contributed by atoms with Gasteiger partial charge in [-0.3, -0.25) is 9.69 Å². The second-order valence-corrected chi connectivity index (χ2v) is 8.67. The summed E-state index contributed by atoms with van der Waals surface area (Å²) in [5.74, 6) is 0.139. The normalized spacial score (nSPS) is 13.1. The molecule has 0 aliphatic carbocycles. The zero-order chi connectivity index (χ0) is 24.8. The lowest BCUT2D eigenvalue weighted by Gasteiger charge is -2.31. The van der Waals surface area contributed by atoms with Crippen molar-refractivity contribution in [2.75, 3.05) is 33.1 Å². The molecule has 2 aromatic carbocycles. The first-order valence-corrected chi connectivity index (χ1v) is 11.3. The maximum Gasteiger partial charge on any atom is 0.235 e. The van der Waals surface area contributed by atoms with Gasteiger partial charge >= 0.3 is 0 Å². The number of amides is 1. The number of carbonyl (C=O) groups is 1. The highest BCUT2D eigenvalue weighted by atomic mass is 35.5. The van der Waals surface area contributed by atoms with E-state index in [2.05, 4.69) is 20.6 Å². The summed E-state index contributed by atoms with van der Waals surface area (Å²) in [6.07, 6.45) is 2.20. The van der Waals surface area contributed by atoms with Gasteiger partial charge in [0, 0.05) is 23.6 Å². The molecular weight excluding hydrogens is 459 g/mol. The van der Waals surface area contributed by atoms with Gasteiger partial charge in [-0.1, -0.05) is 24.6 Å². The molecule has 34 heavy (non-hydrogen) atoms. The summed E-state index contributed by atoms with van der Waals surface area (Å²) in [6, 6.07) is 7.93. The van der Waals surface area contributed by atoms with E-state index in [1.807, 2.05) is 32.0 Å². The second-order valence-electron chi connectivity index (χ2n) is 8.26. The molecular formula is C24H30ClFN6O2. The number of methoxy groups -OCH3 is 1. The molecule has 0 aliphatic rings. The molecule has 3 rings (SSSR count). The molecule has 0 saturated heterocycles. The molecule has 0 aliphatic heterocycles. The number of hydrogen-bond donors (Lipinski definition) is 3. The number of nitrogens with two attached hydrogens (primary N) is 1. The standard InChI is InChI=1S/C24H30ClFN6O2/c1-14(8-9-28-2)22(23(27)33)32(3)12-15-10-16-19(11-20(15)34-4)29-13-30-24(16)31-18-7-5-6-17(25)21(18)26/h5-7,10-11,13-14,22,28H,8-9,12H2,1-4H3,(H2,27,33)(H,29,30,31). The van der Waals surface area contributed by atoms with Gasteiger partial charge in [-0.25, -0.2) is 14.4 Å². The van der Waals surface area contributed by atoms with Crippen molar-refractivity contribution in [1.29, 1.82) is 0 Å². The third-order valence-corrected chi connectivity index (χ3v) is 6.11. The lowest BCUT2D eigenvalue weighted by Crippen LogP contribution is -2.47. The predicted octanol–water partition coefficient (Wildman–Crippen LogP) is 3.71. The van der Waals surface area contributed by atoms with E-state index in [0.29, 0.717) is 29.0 Å². The molecule has 182 valence electrons. The number of nitrogens with one attached hydrogen (secondary N) is 2. The van der Waals surface area contributed by atoms with Crippen molar-refractivity contribution in [3.8, 4) is 5.75 Å². The van der Waals surface area contributed by atoms with Crippen LogP contribution in [0.15, 0.2) is 36.7 Å². The van der Waals surface area contributed by atoms with Crippen LogP contribution in [0.25, 0.3) is 10.9 Å². The minimum atomic E-state index is -0.566. The van der Waals surface area contributed by atoms with E-state index >= 15 is 0 Å². The Kier molecular flexibility index (Phi) is 8.60. The average molecular weight is 489 g/mol. The summed E-state index contributed by atoms with van der Waals surface area (Å²) in [6.45, 7) is 3.19. The molecule has 4 N–H and O–H groups in total. The Morgan fingerprint density at radius 3 is 2.76 bits per heavy atom. The smallest absolute Gasteiger partial charge is 0.235 e. The summed E-state index contributed by atoms with van der Waals surface area (Å²) in [5, 5.41) is 6.80. The Bertz CT molecular complexity index is 1160. The maximum absolute atomic E-state index is 14.5. The number of aromatic nitrogens is 2. The molecule has 1 heterocycles. The van der Waals surface area contributed by atoms with Gasteiger partial charge in [0.2, 0.25) is 5.91 Å². The van der Waals surface area contributed by atoms with Crippen LogP contribution in [0.5, 0.6) is 5.75 Å². The van der Waals surface area contributed by atoms with Crippen molar-refractivity contribution in [3.05, 3.63) is 53.1 Å². The van der Waals surface area contributed by atoms with Crippen molar-refractivity contribution in [1.82, 2.24) is 20.2 Å². The minimum absolute atomic E-state index is 0.0113. The number of hydrogen-bond acceptors (Lipinski definition) is 7. The fourth-order valence-corrected chi connectivity index (χ4v) is 4.27. The largest absolute Gasteiger partial charge is 0.496 e. The van der Waals surface area contributed by atoms with Crippen LogP contribution in [-0.4, -0.2) is 54.6 Å². The highest BCUT2D eigenvalue weighted by Crippen LogP contribution is 2.32. The highest BCUT2D eigenvalue weighted by molar-refractivity contribution is 6.31. The van der Waals surface area contributed by atoms with E-state index in [0.717, 1.165) is 18.5 Å². The molecule has 2 atom stereocenters. The number of anilines is 2. The minimum Gasteiger partial charge on any atom is -0.496 e. The molecule has 0 fully saturated rings. The number of likely N-dealkylation sites (N-methyl/N-ethyl adjacent to an activating group) is 1. The van der Waals surface area contributed by atoms with Crippen LogP contribution in [-0.2, 0) is 11.3 Å². The summed E-state index contributed by atoms with van der Waals surface area (Å²) in [4.78, 5) is 22.8. The van der Waals surface area contributed by atoms with Gasteiger partial charge in [-0.05, 0) is 51.2 Å². The first kappa shape index (κ1) is 25.6. The van der Waals surface area contributed by atoms with Crippen LogP contribution in [0, 0.1) is 11.7 Å². The quantitative estimate of drug-likeness (QED) is 0.378. The SMILES string of the molecule is CNCCC(C)C(C(N)=O)N(C)Cc1cc2c(Nc3cccc(Cl)c3F)ncnc2cc1OC. The monoisotopic (exact) mass is 488 g/mol. The predicted molar refractivity (Wildman–Crippen MR) is 133 cm³/mol. The molecule has 8 nitrogen and oxygen atoms in total. The Morgan fingerprint density at radius 2 is 2.09 bits per heavy atom. The zero-order valence-corrected chi connectivity index (χ0v) is 20.5. The third kappa shape index (κ3) is 5.72. The lowest BCUT2D eigenvalue weighted by molar-refractivity contribution is -0.124. The van der Waals surface area contributed by atoms with E-state index in [-0.39, 0.29) is 22.5 Å². The first-order valence-electron chi connectivity index (χ1n) is 10.9. The van der Waals surface area contributed by atoms with Gasteiger partial charge in [0.05, 0.1) is 29.4 Å². The van der Waals surface area contributed by atoms with Crippen LogP contribution in [0.3, 0.4) is 0 Å². The number of nitrogens with zero attached hydrogens (tertiary/aromatic N) is 3. The summed E-state index contributed by atoms with van der Waals surface area (Å²) in [7, 11) is 5.31. The molecule has 3 aromatic rings. The molecule has 0 saturated carbocycles. The topological polar surface area (TPSA) is 105 Å². The molecule has 1 amide bonds. The molecule has 1 aromatic heterocycles. The lowest BCUT2D eigenvalue weighted by atomic mass is 9.95. The first-order chi connectivity index (χ1) is 16.3. The van der Waals surface area contributed by atoms with Crippen molar-refractivity contribution >= 4 is 39.9 Å². The molecule has 0 radical (unpaired) electrons. The van der Waals surface area contributed by atoms with Gasteiger partial charge in [0.15, 0.2) is 5.82 Å². The van der Waals surface area contributed by atoms with E-state index in [9.17, 15) is 9.18 Å². The summed E-state index contributed by atoms with van der Waals surface area (Å²) >= 11 is 5.92. The Labute approximate surface area is 203 Å². The number of benzene rings is 2. The zero-order valence-electron chi connectivity index (χ0n) is 19.7. The molecule has 0 bridgehead atoms. The van der Waals surface area contributed by atoms with E-state index in [4.69, 9.17) is 22.1 Å². The number of ether oxygens (including phenoxy) is 1. The number of carbonyl (C=O) groups excluding carboxylic acids is 1. The van der Waals surface area contributed by atoms with E-state index < -0.39 is 11.9 Å². The van der Waals surface area contributed by atoms with Crippen LogP contribution in [0.1, 0.15) is 18.9 Å². The molecule has 10 heteroatoms. The Hall–Kier alpha value is -3.01. The van der Waals surface area contributed by atoms with Gasteiger partial charge < -0.3 is 21.1 Å². The van der Waals surface area contributed by atoms with Crippen LogP contribution >= 0.6 is 11.6 Å². The Balaban J connectivity index is 1.98. The van der Waals surface area contributed by atoms with Gasteiger partial charge in [-0.15, -0.1) is 0 Å². The number of rotatable bonds is 11. The van der Waals surface area contributed by atoms with Crippen LogP contribution in [0.4, 0.5) is 15.9 Å². The van der Waals surface area contributed by atoms with Crippen LogP contribution < -0.4 is 21.1 Å². The number of primary amides is 1. The second kappa shape index (κ2) is 11.4. The van der Waals surface area contributed by atoms with E-state index in [1.165, 1.54) is 12.4 Å². The number of halogens is 2. The van der Waals surface area contributed by atoms with Crippen molar-refractivity contribution in [2.45, 2.75) is 25.9 Å². The average Bonchev–Trinajstić information content (AvgIpc) is 2.80. The van der Waals surface area contributed by atoms with E-state index in [1.54, 1.807) is 25.3 Å². The van der Waals surface area contributed by atoms with Gasteiger partial charge in [0.1, 0.15) is 17.9 Å². The Morgan fingerprint density at radius 1 is 1.32 bits per heavy atom. The summed E-state index contributed by atoms with van der Waals surface area (Å²) in [5.41, 5.74) is 7.39. The van der Waals surface area contributed by atoms with Crippen molar-refractivity contribution in [2.24, 2.45) is 11.7 Å². The van der Waals surface area contributed by atoms with Crippen LogP contribution in [0.2, 0.25) is 5.02 Å². The number of fused-ring (bicyclic) bond motifs is 1.